The van der Waals surface area contributed by atoms with Crippen LogP contribution in [-0.2, 0) is 0 Å². The number of rotatable bonds is 6. The molecule has 1 N–H and O–H groups in total. The van der Waals surface area contributed by atoms with Crippen molar-refractivity contribution in [3.63, 3.8) is 0 Å². The summed E-state index contributed by atoms with van der Waals surface area (Å²) in [5.74, 6) is 1.36. The van der Waals surface area contributed by atoms with Gasteiger partial charge in [-0.05, 0) is 12.3 Å². The van der Waals surface area contributed by atoms with E-state index in [1.165, 1.54) is 32.1 Å². The summed E-state index contributed by atoms with van der Waals surface area (Å²) in [5.41, 5.74) is 0.801. The lowest BCUT2D eigenvalue weighted by Gasteiger charge is -2.07. The summed E-state index contributed by atoms with van der Waals surface area (Å²) in [6.45, 7) is 0.856. The zero-order valence-electron chi connectivity index (χ0n) is 9.81. The molecule has 0 aliphatic heterocycles. The largest absolute Gasteiger partial charge is 0.496 e. The summed E-state index contributed by atoms with van der Waals surface area (Å²) in [6, 6.07) is 4.74. The summed E-state index contributed by atoms with van der Waals surface area (Å²) in [5, 5.41) is 13.9. The van der Waals surface area contributed by atoms with Crippen LogP contribution in [0, 0.1) is 16.0 Å². The van der Waals surface area contributed by atoms with Crippen molar-refractivity contribution in [2.24, 2.45) is 5.92 Å². The van der Waals surface area contributed by atoms with Crippen LogP contribution in [0.1, 0.15) is 19.3 Å². The van der Waals surface area contributed by atoms with E-state index in [4.69, 9.17) is 4.74 Å². The lowest BCUT2D eigenvalue weighted by atomic mass is 10.2. The number of ether oxygens (including phenoxy) is 1. The molecule has 1 saturated carbocycles. The SMILES string of the molecule is COc1cc(NCCC2CC2)cc([N+](=O)[O-])c1. The second kappa shape index (κ2) is 5.03. The average molecular weight is 236 g/mol. The number of hydrogen-bond acceptors (Lipinski definition) is 4. The van der Waals surface area contributed by atoms with Crippen LogP contribution in [0.2, 0.25) is 0 Å². The van der Waals surface area contributed by atoms with Crippen molar-refractivity contribution in [1.29, 1.82) is 0 Å². The molecule has 0 atom stereocenters. The van der Waals surface area contributed by atoms with Gasteiger partial charge in [0, 0.05) is 24.4 Å². The number of hydrogen-bond donors (Lipinski definition) is 1. The van der Waals surface area contributed by atoms with E-state index in [2.05, 4.69) is 5.32 Å². The highest BCUT2D eigenvalue weighted by atomic mass is 16.6. The van der Waals surface area contributed by atoms with Gasteiger partial charge in [0.1, 0.15) is 5.75 Å². The molecule has 0 radical (unpaired) electrons. The van der Waals surface area contributed by atoms with Gasteiger partial charge in [-0.3, -0.25) is 10.1 Å². The molecule has 1 aromatic rings. The van der Waals surface area contributed by atoms with Gasteiger partial charge in [0.2, 0.25) is 0 Å². The van der Waals surface area contributed by atoms with Gasteiger partial charge in [-0.15, -0.1) is 0 Å². The molecule has 1 aliphatic rings. The van der Waals surface area contributed by atoms with Gasteiger partial charge < -0.3 is 10.1 Å². The highest BCUT2D eigenvalue weighted by Crippen LogP contribution is 2.32. The van der Waals surface area contributed by atoms with Gasteiger partial charge in [0.25, 0.3) is 5.69 Å². The van der Waals surface area contributed by atoms with Crippen molar-refractivity contribution in [3.05, 3.63) is 28.3 Å². The monoisotopic (exact) mass is 236 g/mol. The van der Waals surface area contributed by atoms with Crippen LogP contribution < -0.4 is 10.1 Å². The number of non-ortho nitro benzene ring substituents is 1. The minimum atomic E-state index is -0.408. The topological polar surface area (TPSA) is 64.4 Å². The van der Waals surface area contributed by atoms with Crippen molar-refractivity contribution in [2.75, 3.05) is 19.0 Å². The Morgan fingerprint density at radius 2 is 2.24 bits per heavy atom. The van der Waals surface area contributed by atoms with Crippen molar-refractivity contribution in [3.8, 4) is 5.75 Å². The van der Waals surface area contributed by atoms with E-state index in [0.717, 1.165) is 24.6 Å². The van der Waals surface area contributed by atoms with Crippen LogP contribution in [0.4, 0.5) is 11.4 Å². The second-order valence-electron chi connectivity index (χ2n) is 4.34. The van der Waals surface area contributed by atoms with Crippen LogP contribution >= 0.6 is 0 Å². The lowest BCUT2D eigenvalue weighted by Crippen LogP contribution is -2.03. The number of anilines is 1. The Kier molecular flexibility index (Phi) is 3.46. The predicted octanol–water partition coefficient (Wildman–Crippen LogP) is 2.82. The lowest BCUT2D eigenvalue weighted by molar-refractivity contribution is -0.384. The first-order valence-electron chi connectivity index (χ1n) is 5.76. The summed E-state index contributed by atoms with van der Waals surface area (Å²) >= 11 is 0. The minimum Gasteiger partial charge on any atom is -0.496 e. The molecule has 0 spiro atoms. The molecular formula is C12H16N2O3. The maximum absolute atomic E-state index is 10.7. The maximum atomic E-state index is 10.7. The normalized spacial score (nSPS) is 14.4. The molecule has 0 bridgehead atoms. The van der Waals surface area contributed by atoms with E-state index in [0.29, 0.717) is 5.75 Å². The molecule has 1 aromatic carbocycles. The molecule has 1 fully saturated rings. The fourth-order valence-electron chi connectivity index (χ4n) is 1.74. The summed E-state index contributed by atoms with van der Waals surface area (Å²) in [4.78, 5) is 10.3. The summed E-state index contributed by atoms with van der Waals surface area (Å²) in [6.07, 6.45) is 3.77. The number of benzene rings is 1. The maximum Gasteiger partial charge on any atom is 0.275 e. The molecule has 0 saturated heterocycles. The standard InChI is InChI=1S/C12H16N2O3/c1-17-12-7-10(6-11(8-12)14(15)16)13-5-4-9-2-3-9/h6-9,13H,2-5H2,1H3. The second-order valence-corrected chi connectivity index (χ2v) is 4.34. The molecule has 0 amide bonds. The molecule has 5 nitrogen and oxygen atoms in total. The molecule has 5 heteroatoms. The minimum absolute atomic E-state index is 0.0540. The Balaban J connectivity index is 2.02. The smallest absolute Gasteiger partial charge is 0.275 e. The van der Waals surface area contributed by atoms with E-state index in [-0.39, 0.29) is 5.69 Å². The van der Waals surface area contributed by atoms with E-state index in [1.54, 1.807) is 6.07 Å². The summed E-state index contributed by atoms with van der Waals surface area (Å²) in [7, 11) is 1.51. The fraction of sp³-hybridized carbons (Fsp3) is 0.500. The third kappa shape index (κ3) is 3.34. The first-order valence-corrected chi connectivity index (χ1v) is 5.76. The molecular weight excluding hydrogens is 220 g/mol. The van der Waals surface area contributed by atoms with Crippen LogP contribution in [-0.4, -0.2) is 18.6 Å². The van der Waals surface area contributed by atoms with Gasteiger partial charge in [-0.25, -0.2) is 0 Å². The zero-order valence-corrected chi connectivity index (χ0v) is 9.81. The van der Waals surface area contributed by atoms with Gasteiger partial charge in [-0.2, -0.15) is 0 Å². The van der Waals surface area contributed by atoms with Gasteiger partial charge in [0.05, 0.1) is 18.1 Å². The number of methoxy groups -OCH3 is 1. The van der Waals surface area contributed by atoms with Crippen LogP contribution in [0.5, 0.6) is 5.75 Å². The number of nitrogens with zero attached hydrogens (tertiary/aromatic N) is 1. The third-order valence-corrected chi connectivity index (χ3v) is 2.92. The Hall–Kier alpha value is -1.78. The zero-order chi connectivity index (χ0) is 12.3. The molecule has 17 heavy (non-hydrogen) atoms. The Morgan fingerprint density at radius 3 is 2.82 bits per heavy atom. The van der Waals surface area contributed by atoms with Crippen LogP contribution in [0.15, 0.2) is 18.2 Å². The average Bonchev–Trinajstić information content (AvgIpc) is 3.12. The van der Waals surface area contributed by atoms with Crippen LogP contribution in [0.3, 0.4) is 0 Å². The van der Waals surface area contributed by atoms with Gasteiger partial charge in [0.15, 0.2) is 0 Å². The van der Waals surface area contributed by atoms with Crippen molar-refractivity contribution in [2.45, 2.75) is 19.3 Å². The number of nitro benzene ring substituents is 1. The van der Waals surface area contributed by atoms with Gasteiger partial charge in [-0.1, -0.05) is 12.8 Å². The number of nitro groups is 1. The Morgan fingerprint density at radius 1 is 1.47 bits per heavy atom. The van der Waals surface area contributed by atoms with Gasteiger partial charge >= 0.3 is 0 Å². The fourth-order valence-corrected chi connectivity index (χ4v) is 1.74. The number of nitrogens with one attached hydrogen (secondary N) is 1. The summed E-state index contributed by atoms with van der Waals surface area (Å²) < 4.78 is 5.04. The molecule has 0 aromatic heterocycles. The Bertz CT molecular complexity index is 416. The van der Waals surface area contributed by atoms with E-state index in [1.807, 2.05) is 0 Å². The van der Waals surface area contributed by atoms with Crippen molar-refractivity contribution >= 4 is 11.4 Å². The first-order chi connectivity index (χ1) is 8.19. The molecule has 2 rings (SSSR count). The van der Waals surface area contributed by atoms with E-state index < -0.39 is 4.92 Å². The molecule has 92 valence electrons. The quantitative estimate of drug-likeness (QED) is 0.609. The van der Waals surface area contributed by atoms with E-state index in [9.17, 15) is 10.1 Å². The molecule has 0 unspecified atom stereocenters. The highest BCUT2D eigenvalue weighted by molar-refractivity contribution is 5.56. The predicted molar refractivity (Wildman–Crippen MR) is 65.5 cm³/mol. The Labute approximate surface area is 99.9 Å². The third-order valence-electron chi connectivity index (χ3n) is 2.92. The van der Waals surface area contributed by atoms with E-state index >= 15 is 0 Å². The van der Waals surface area contributed by atoms with Crippen LogP contribution in [0.25, 0.3) is 0 Å². The first kappa shape index (κ1) is 11.7. The molecule has 0 heterocycles. The van der Waals surface area contributed by atoms with Crippen molar-refractivity contribution in [1.82, 2.24) is 0 Å². The van der Waals surface area contributed by atoms with Crippen molar-refractivity contribution < 1.29 is 9.66 Å². The highest BCUT2D eigenvalue weighted by Gasteiger charge is 2.20. The molecule has 1 aliphatic carbocycles.